The van der Waals surface area contributed by atoms with E-state index in [1.165, 1.54) is 21.8 Å². The van der Waals surface area contributed by atoms with Crippen molar-refractivity contribution in [2.24, 2.45) is 11.8 Å². The molecule has 1 N–H and O–H groups in total. The van der Waals surface area contributed by atoms with E-state index in [0.717, 1.165) is 51.5 Å². The standard InChI is InChI=1S/C29H38N2O2S/c1-3-21(2)28(32)30-27(22-12-6-4-7-13-22)29(33)31-19-11-18-26(31)23-14-10-17-25(20-23)34-24-15-8-5-9-16-24/h5,8-10,14-17,20-22,26-27H,3-4,6-7,11-13,18-19H2,1-2H3,(H,30,32)/t21-,26+,27+/m1/s1. The van der Waals surface area contributed by atoms with Crippen LogP contribution in [0.5, 0.6) is 0 Å². The topological polar surface area (TPSA) is 49.4 Å². The lowest BCUT2D eigenvalue weighted by molar-refractivity contribution is -0.140. The zero-order chi connectivity index (χ0) is 23.9. The highest BCUT2D eigenvalue weighted by molar-refractivity contribution is 7.99. The average molecular weight is 479 g/mol. The van der Waals surface area contributed by atoms with Crippen LogP contribution in [0, 0.1) is 11.8 Å². The van der Waals surface area contributed by atoms with Gasteiger partial charge in [-0.15, -0.1) is 0 Å². The van der Waals surface area contributed by atoms with E-state index in [0.29, 0.717) is 0 Å². The van der Waals surface area contributed by atoms with Gasteiger partial charge >= 0.3 is 0 Å². The lowest BCUT2D eigenvalue weighted by Gasteiger charge is -2.35. The van der Waals surface area contributed by atoms with E-state index in [9.17, 15) is 9.59 Å². The van der Waals surface area contributed by atoms with Gasteiger partial charge in [0.15, 0.2) is 0 Å². The van der Waals surface area contributed by atoms with Crippen molar-refractivity contribution >= 4 is 23.6 Å². The molecule has 182 valence electrons. The molecule has 1 saturated carbocycles. The lowest BCUT2D eigenvalue weighted by atomic mass is 9.83. The molecular weight excluding hydrogens is 440 g/mol. The van der Waals surface area contributed by atoms with Crippen molar-refractivity contribution in [3.05, 3.63) is 60.2 Å². The van der Waals surface area contributed by atoms with Crippen LogP contribution in [0.25, 0.3) is 0 Å². The number of benzene rings is 2. The first-order valence-corrected chi connectivity index (χ1v) is 13.8. The SMILES string of the molecule is CC[C@@H](C)C(=O)N[C@H](C(=O)N1CCC[C@H]1c1cccc(Sc2ccccc2)c1)C1CCCCC1. The van der Waals surface area contributed by atoms with E-state index in [-0.39, 0.29) is 29.7 Å². The van der Waals surface area contributed by atoms with Crippen LogP contribution in [0.1, 0.15) is 76.8 Å². The molecule has 2 aromatic rings. The van der Waals surface area contributed by atoms with Gasteiger partial charge in [0.05, 0.1) is 6.04 Å². The first kappa shape index (κ1) is 24.8. The van der Waals surface area contributed by atoms with Gasteiger partial charge in [-0.25, -0.2) is 0 Å². The molecule has 0 radical (unpaired) electrons. The summed E-state index contributed by atoms with van der Waals surface area (Å²) in [6.07, 6.45) is 8.35. The third-order valence-electron chi connectivity index (χ3n) is 7.50. The number of hydrogen-bond acceptors (Lipinski definition) is 3. The zero-order valence-corrected chi connectivity index (χ0v) is 21.4. The highest BCUT2D eigenvalue weighted by Gasteiger charge is 2.39. The summed E-state index contributed by atoms with van der Waals surface area (Å²) in [7, 11) is 0. The maximum absolute atomic E-state index is 14.0. The summed E-state index contributed by atoms with van der Waals surface area (Å²) < 4.78 is 0. The zero-order valence-electron chi connectivity index (χ0n) is 20.5. The molecule has 0 unspecified atom stereocenters. The van der Waals surface area contributed by atoms with Gasteiger partial charge in [0.2, 0.25) is 11.8 Å². The van der Waals surface area contributed by atoms with Crippen LogP contribution < -0.4 is 5.32 Å². The Labute approximate surface area is 208 Å². The molecule has 2 aromatic carbocycles. The predicted molar refractivity (Wildman–Crippen MR) is 139 cm³/mol. The minimum absolute atomic E-state index is 0.0171. The number of hydrogen-bond donors (Lipinski definition) is 1. The fourth-order valence-electron chi connectivity index (χ4n) is 5.30. The van der Waals surface area contributed by atoms with Gasteiger partial charge < -0.3 is 10.2 Å². The predicted octanol–water partition coefficient (Wildman–Crippen LogP) is 6.61. The second-order valence-corrected chi connectivity index (χ2v) is 11.0. The van der Waals surface area contributed by atoms with E-state index >= 15 is 0 Å². The second kappa shape index (κ2) is 11.9. The molecule has 2 aliphatic rings. The lowest BCUT2D eigenvalue weighted by Crippen LogP contribution is -2.53. The monoisotopic (exact) mass is 478 g/mol. The molecule has 0 spiro atoms. The largest absolute Gasteiger partial charge is 0.344 e. The van der Waals surface area contributed by atoms with Gasteiger partial charge in [0.25, 0.3) is 0 Å². The molecule has 0 aromatic heterocycles. The van der Waals surface area contributed by atoms with E-state index in [2.05, 4.69) is 58.7 Å². The molecule has 1 aliphatic heterocycles. The number of nitrogens with zero attached hydrogens (tertiary/aromatic N) is 1. The Morgan fingerprint density at radius 1 is 0.971 bits per heavy atom. The summed E-state index contributed by atoms with van der Waals surface area (Å²) in [5.41, 5.74) is 1.20. The summed E-state index contributed by atoms with van der Waals surface area (Å²) in [6.45, 7) is 4.74. The Bertz CT molecular complexity index is 958. The summed E-state index contributed by atoms with van der Waals surface area (Å²) >= 11 is 1.75. The molecule has 1 saturated heterocycles. The molecular formula is C29H38N2O2S. The molecule has 5 heteroatoms. The van der Waals surface area contributed by atoms with Crippen molar-refractivity contribution in [2.75, 3.05) is 6.54 Å². The molecule has 34 heavy (non-hydrogen) atoms. The van der Waals surface area contributed by atoms with Crippen LogP contribution in [-0.4, -0.2) is 29.3 Å². The van der Waals surface area contributed by atoms with Crippen LogP contribution in [-0.2, 0) is 9.59 Å². The molecule has 1 heterocycles. The normalized spacial score (nSPS) is 20.6. The van der Waals surface area contributed by atoms with Crippen molar-refractivity contribution in [1.82, 2.24) is 10.2 Å². The van der Waals surface area contributed by atoms with Crippen LogP contribution in [0.2, 0.25) is 0 Å². The molecule has 4 rings (SSSR count). The van der Waals surface area contributed by atoms with Crippen molar-refractivity contribution in [3.63, 3.8) is 0 Å². The minimum Gasteiger partial charge on any atom is -0.344 e. The highest BCUT2D eigenvalue weighted by Crippen LogP contribution is 2.37. The summed E-state index contributed by atoms with van der Waals surface area (Å²) in [5, 5.41) is 3.20. The second-order valence-electron chi connectivity index (χ2n) is 9.87. The number of likely N-dealkylation sites (tertiary alicyclic amines) is 1. The van der Waals surface area contributed by atoms with Gasteiger partial charge in [-0.2, -0.15) is 0 Å². The molecule has 0 bridgehead atoms. The number of rotatable bonds is 8. The Hall–Kier alpha value is -2.27. The Kier molecular flexibility index (Phi) is 8.71. The molecule has 3 atom stereocenters. The maximum Gasteiger partial charge on any atom is 0.245 e. The van der Waals surface area contributed by atoms with Gasteiger partial charge in [0, 0.05) is 22.3 Å². The van der Waals surface area contributed by atoms with Crippen LogP contribution in [0.3, 0.4) is 0 Å². The van der Waals surface area contributed by atoms with Gasteiger partial charge in [0.1, 0.15) is 6.04 Å². The number of amides is 2. The number of carbonyl (C=O) groups is 2. The van der Waals surface area contributed by atoms with Gasteiger partial charge in [-0.1, -0.05) is 75.2 Å². The fourth-order valence-corrected chi connectivity index (χ4v) is 6.20. The van der Waals surface area contributed by atoms with Crippen molar-refractivity contribution in [2.45, 2.75) is 87.1 Å². The third kappa shape index (κ3) is 6.04. The van der Waals surface area contributed by atoms with Crippen molar-refractivity contribution in [3.8, 4) is 0 Å². The summed E-state index contributed by atoms with van der Waals surface area (Å²) in [5.74, 6) is 0.311. The van der Waals surface area contributed by atoms with Crippen molar-refractivity contribution < 1.29 is 9.59 Å². The number of nitrogens with one attached hydrogen (secondary N) is 1. The Balaban J connectivity index is 1.53. The van der Waals surface area contributed by atoms with E-state index in [1.54, 1.807) is 11.8 Å². The number of carbonyl (C=O) groups excluding carboxylic acids is 2. The quantitative estimate of drug-likeness (QED) is 0.464. The molecule has 1 aliphatic carbocycles. The Morgan fingerprint density at radius 2 is 1.71 bits per heavy atom. The van der Waals surface area contributed by atoms with Crippen LogP contribution in [0.4, 0.5) is 0 Å². The fraction of sp³-hybridized carbons (Fsp3) is 0.517. The third-order valence-corrected chi connectivity index (χ3v) is 8.50. The van der Waals surface area contributed by atoms with E-state index in [1.807, 2.05) is 19.9 Å². The smallest absolute Gasteiger partial charge is 0.245 e. The van der Waals surface area contributed by atoms with Gasteiger partial charge in [-0.3, -0.25) is 9.59 Å². The summed E-state index contributed by atoms with van der Waals surface area (Å²) in [4.78, 5) is 31.3. The first-order chi connectivity index (χ1) is 16.6. The average Bonchev–Trinajstić information content (AvgIpc) is 3.38. The van der Waals surface area contributed by atoms with E-state index in [4.69, 9.17) is 0 Å². The van der Waals surface area contributed by atoms with Crippen LogP contribution in [0.15, 0.2) is 64.4 Å². The maximum atomic E-state index is 14.0. The summed E-state index contributed by atoms with van der Waals surface area (Å²) in [6, 6.07) is 18.7. The van der Waals surface area contributed by atoms with E-state index < -0.39 is 6.04 Å². The molecule has 4 nitrogen and oxygen atoms in total. The van der Waals surface area contributed by atoms with Crippen LogP contribution >= 0.6 is 11.8 Å². The van der Waals surface area contributed by atoms with Gasteiger partial charge in [-0.05, 0) is 67.9 Å². The van der Waals surface area contributed by atoms with Crippen molar-refractivity contribution in [1.29, 1.82) is 0 Å². The molecule has 2 amide bonds. The first-order valence-electron chi connectivity index (χ1n) is 13.0. The minimum atomic E-state index is -0.399. The Morgan fingerprint density at radius 3 is 2.44 bits per heavy atom. The highest BCUT2D eigenvalue weighted by atomic mass is 32.2. The molecule has 2 fully saturated rings.